The van der Waals surface area contributed by atoms with Crippen molar-refractivity contribution >= 4 is 9.24 Å². The second-order valence-electron chi connectivity index (χ2n) is 1.95. The van der Waals surface area contributed by atoms with E-state index < -0.39 is 0 Å². The fourth-order valence-electron chi connectivity index (χ4n) is 0.716. The summed E-state index contributed by atoms with van der Waals surface area (Å²) in [7, 11) is 2.83. The predicted octanol–water partition coefficient (Wildman–Crippen LogP) is 1.04. The summed E-state index contributed by atoms with van der Waals surface area (Å²) in [5.74, 6) is 0. The summed E-state index contributed by atoms with van der Waals surface area (Å²) in [6.45, 7) is 1.93. The molecule has 0 saturated carbocycles. The van der Waals surface area contributed by atoms with E-state index in [1.165, 1.54) is 12.8 Å². The van der Waals surface area contributed by atoms with Gasteiger partial charge in [-0.25, -0.2) is 0 Å². The predicted molar refractivity (Wildman–Crippen MR) is 33.6 cm³/mol. The Kier molecular flexibility index (Phi) is 2.08. The van der Waals surface area contributed by atoms with E-state index in [9.17, 15) is 0 Å². The number of ether oxygens (including phenoxy) is 1. The summed E-state index contributed by atoms with van der Waals surface area (Å²) in [5, 5.41) is 0. The van der Waals surface area contributed by atoms with Gasteiger partial charge in [-0.3, -0.25) is 0 Å². The van der Waals surface area contributed by atoms with Crippen LogP contribution in [0.15, 0.2) is 0 Å². The maximum absolute atomic E-state index is 5.13. The average molecular weight is 118 g/mol. The van der Waals surface area contributed by atoms with Gasteiger partial charge in [0.1, 0.15) is 0 Å². The first-order valence-corrected chi connectivity index (χ1v) is 3.39. The van der Waals surface area contributed by atoms with Crippen LogP contribution in [0.2, 0.25) is 0 Å². The topological polar surface area (TPSA) is 9.23 Å². The Labute approximate surface area is 46.6 Å². The van der Waals surface area contributed by atoms with Gasteiger partial charge in [0.15, 0.2) is 0 Å². The van der Waals surface area contributed by atoms with Crippen molar-refractivity contribution in [3.8, 4) is 0 Å². The molecule has 0 N–H and O–H groups in total. The molecule has 0 amide bonds. The van der Waals surface area contributed by atoms with Gasteiger partial charge in [-0.15, -0.1) is 9.24 Å². The minimum Gasteiger partial charge on any atom is -0.381 e. The third-order valence-electron chi connectivity index (χ3n) is 1.27. The van der Waals surface area contributed by atoms with E-state index in [-0.39, 0.29) is 0 Å². The summed E-state index contributed by atoms with van der Waals surface area (Å²) >= 11 is 0. The van der Waals surface area contributed by atoms with Gasteiger partial charge in [0, 0.05) is 13.2 Å². The van der Waals surface area contributed by atoms with Crippen molar-refractivity contribution < 1.29 is 4.74 Å². The van der Waals surface area contributed by atoms with Crippen LogP contribution in [0.3, 0.4) is 0 Å². The number of hydrogen-bond donors (Lipinski definition) is 0. The van der Waals surface area contributed by atoms with E-state index >= 15 is 0 Å². The molecule has 2 heteroatoms. The van der Waals surface area contributed by atoms with Gasteiger partial charge in [0.25, 0.3) is 0 Å². The molecule has 1 saturated heterocycles. The number of rotatable bonds is 0. The second-order valence-corrected chi connectivity index (χ2v) is 2.89. The van der Waals surface area contributed by atoms with Crippen LogP contribution < -0.4 is 0 Å². The highest BCUT2D eigenvalue weighted by molar-refractivity contribution is 7.17. The molecule has 1 nitrogen and oxygen atoms in total. The molecule has 1 aliphatic heterocycles. The molecule has 1 aliphatic rings. The van der Waals surface area contributed by atoms with Crippen molar-refractivity contribution in [3.63, 3.8) is 0 Å². The zero-order chi connectivity index (χ0) is 5.11. The molecular weight excluding hydrogens is 107 g/mol. The summed E-state index contributed by atoms with van der Waals surface area (Å²) < 4.78 is 5.13. The lowest BCUT2D eigenvalue weighted by atomic mass is 10.2. The average Bonchev–Trinajstić information content (AvgIpc) is 1.69. The first-order chi connectivity index (χ1) is 3.39. The second kappa shape index (κ2) is 2.64. The van der Waals surface area contributed by atoms with Gasteiger partial charge in [-0.2, -0.15) is 0 Å². The molecule has 0 spiro atoms. The zero-order valence-electron chi connectivity index (χ0n) is 4.39. The minimum atomic E-state index is 0.828. The highest BCUT2D eigenvalue weighted by Gasteiger charge is 2.06. The van der Waals surface area contributed by atoms with Crippen LogP contribution in [-0.2, 0) is 4.74 Å². The Bertz CT molecular complexity index is 50.0. The standard InChI is InChI=1S/C5H11OP/c7-5-1-3-6-4-2-5/h5H,1-4,7H2. The Morgan fingerprint density at radius 2 is 1.86 bits per heavy atom. The van der Waals surface area contributed by atoms with Crippen LogP contribution in [0.25, 0.3) is 0 Å². The molecule has 1 unspecified atom stereocenters. The molecule has 0 bridgehead atoms. The Morgan fingerprint density at radius 3 is 2.14 bits per heavy atom. The smallest absolute Gasteiger partial charge is 0.0471 e. The Balaban J connectivity index is 2.12. The Morgan fingerprint density at radius 1 is 1.29 bits per heavy atom. The van der Waals surface area contributed by atoms with E-state index in [1.54, 1.807) is 0 Å². The van der Waals surface area contributed by atoms with Gasteiger partial charge >= 0.3 is 0 Å². The van der Waals surface area contributed by atoms with Crippen molar-refractivity contribution in [1.82, 2.24) is 0 Å². The van der Waals surface area contributed by atoms with Crippen LogP contribution in [0.1, 0.15) is 12.8 Å². The van der Waals surface area contributed by atoms with Crippen molar-refractivity contribution in [2.75, 3.05) is 13.2 Å². The van der Waals surface area contributed by atoms with Crippen molar-refractivity contribution in [2.24, 2.45) is 0 Å². The molecule has 7 heavy (non-hydrogen) atoms. The van der Waals surface area contributed by atoms with Crippen molar-refractivity contribution in [3.05, 3.63) is 0 Å². The van der Waals surface area contributed by atoms with Crippen LogP contribution in [0.4, 0.5) is 0 Å². The normalized spacial score (nSPS) is 25.3. The van der Waals surface area contributed by atoms with E-state index in [2.05, 4.69) is 9.24 Å². The van der Waals surface area contributed by atoms with Crippen LogP contribution in [0.5, 0.6) is 0 Å². The molecule has 0 aromatic rings. The van der Waals surface area contributed by atoms with Gasteiger partial charge in [0.2, 0.25) is 0 Å². The molecule has 1 atom stereocenters. The molecule has 42 valence electrons. The SMILES string of the molecule is PC1CCOCC1. The lowest BCUT2D eigenvalue weighted by Crippen LogP contribution is -2.14. The monoisotopic (exact) mass is 118 g/mol. The lowest BCUT2D eigenvalue weighted by molar-refractivity contribution is 0.0999. The fourth-order valence-corrected chi connectivity index (χ4v) is 0.988. The van der Waals surface area contributed by atoms with Gasteiger partial charge in [0.05, 0.1) is 0 Å². The molecule has 0 radical (unpaired) electrons. The summed E-state index contributed by atoms with van der Waals surface area (Å²) in [6.07, 6.45) is 2.45. The molecule has 0 aromatic heterocycles. The minimum absolute atomic E-state index is 0.828. The molecule has 0 aromatic carbocycles. The first-order valence-electron chi connectivity index (χ1n) is 2.73. The maximum Gasteiger partial charge on any atom is 0.0471 e. The molecule has 1 heterocycles. The molecule has 0 aliphatic carbocycles. The molecule has 1 rings (SSSR count). The first kappa shape index (κ1) is 5.53. The van der Waals surface area contributed by atoms with Gasteiger partial charge in [-0.05, 0) is 18.5 Å². The third-order valence-corrected chi connectivity index (χ3v) is 1.93. The largest absolute Gasteiger partial charge is 0.381 e. The maximum atomic E-state index is 5.13. The van der Waals surface area contributed by atoms with Crippen LogP contribution >= 0.6 is 9.24 Å². The fraction of sp³-hybridized carbons (Fsp3) is 1.00. The van der Waals surface area contributed by atoms with Crippen LogP contribution in [0, 0.1) is 0 Å². The van der Waals surface area contributed by atoms with E-state index in [4.69, 9.17) is 4.74 Å². The van der Waals surface area contributed by atoms with Gasteiger partial charge < -0.3 is 4.74 Å². The van der Waals surface area contributed by atoms with Crippen molar-refractivity contribution in [1.29, 1.82) is 0 Å². The van der Waals surface area contributed by atoms with E-state index in [1.807, 2.05) is 0 Å². The highest BCUT2D eigenvalue weighted by atomic mass is 31.0. The quantitative estimate of drug-likeness (QED) is 0.432. The third kappa shape index (κ3) is 1.75. The molecule has 1 fully saturated rings. The highest BCUT2D eigenvalue weighted by Crippen LogP contribution is 2.14. The number of hydrogen-bond acceptors (Lipinski definition) is 1. The lowest BCUT2D eigenvalue weighted by Gasteiger charge is -2.16. The van der Waals surface area contributed by atoms with Gasteiger partial charge in [-0.1, -0.05) is 0 Å². The molecular formula is C5H11OP. The Hall–Kier alpha value is 0.390. The van der Waals surface area contributed by atoms with E-state index in [0.29, 0.717) is 0 Å². The van der Waals surface area contributed by atoms with Crippen molar-refractivity contribution in [2.45, 2.75) is 18.5 Å². The zero-order valence-corrected chi connectivity index (χ0v) is 5.55. The summed E-state index contributed by atoms with van der Waals surface area (Å²) in [4.78, 5) is 0. The van der Waals surface area contributed by atoms with E-state index in [0.717, 1.165) is 18.9 Å². The summed E-state index contributed by atoms with van der Waals surface area (Å²) in [6, 6.07) is 0. The summed E-state index contributed by atoms with van der Waals surface area (Å²) in [5.41, 5.74) is 0.828. The van der Waals surface area contributed by atoms with Crippen LogP contribution in [-0.4, -0.2) is 18.9 Å².